The molecule has 0 aromatic rings. The van der Waals surface area contributed by atoms with Gasteiger partial charge in [0.2, 0.25) is 0 Å². The highest BCUT2D eigenvalue weighted by Crippen LogP contribution is 2.21. The van der Waals surface area contributed by atoms with Gasteiger partial charge in [-0.05, 0) is 12.5 Å². The maximum absolute atomic E-state index is 5.15. The van der Waals surface area contributed by atoms with Crippen LogP contribution < -0.4 is 5.32 Å². The normalized spacial score (nSPS) is 20.3. The molecule has 0 amide bonds. The molecule has 0 bridgehead atoms. The highest BCUT2D eigenvalue weighted by Gasteiger charge is 2.21. The molecule has 13 heavy (non-hydrogen) atoms. The molecule has 1 saturated heterocycles. The van der Waals surface area contributed by atoms with E-state index >= 15 is 0 Å². The molecule has 0 aromatic heterocycles. The molecule has 1 unspecified atom stereocenters. The maximum Gasteiger partial charge on any atom is 0.0607 e. The van der Waals surface area contributed by atoms with Crippen LogP contribution in [0.4, 0.5) is 0 Å². The summed E-state index contributed by atoms with van der Waals surface area (Å²) in [6, 6.07) is 0.663. The van der Waals surface area contributed by atoms with E-state index in [0.717, 1.165) is 30.9 Å². The summed E-state index contributed by atoms with van der Waals surface area (Å²) in [4.78, 5) is 0. The third-order valence-electron chi connectivity index (χ3n) is 2.39. The molecule has 3 heteroatoms. The summed E-state index contributed by atoms with van der Waals surface area (Å²) in [5.74, 6) is 1.95. The second-order valence-electron chi connectivity index (χ2n) is 3.90. The zero-order chi connectivity index (χ0) is 9.68. The largest absolute Gasteiger partial charge is 0.379 e. The van der Waals surface area contributed by atoms with Crippen molar-refractivity contribution >= 4 is 11.8 Å². The Hall–Kier alpha value is 0.270. The maximum atomic E-state index is 5.15. The molecule has 1 rings (SSSR count). The number of hydrogen-bond donors (Lipinski definition) is 1. The zero-order valence-electron chi connectivity index (χ0n) is 8.88. The lowest BCUT2D eigenvalue weighted by molar-refractivity contribution is 0.0454. The minimum Gasteiger partial charge on any atom is -0.379 e. The van der Waals surface area contributed by atoms with Gasteiger partial charge >= 0.3 is 0 Å². The van der Waals surface area contributed by atoms with Gasteiger partial charge in [-0.15, -0.1) is 0 Å². The Balaban J connectivity index is 2.12. The van der Waals surface area contributed by atoms with E-state index in [9.17, 15) is 0 Å². The van der Waals surface area contributed by atoms with Crippen molar-refractivity contribution in [3.8, 4) is 0 Å². The fourth-order valence-electron chi connectivity index (χ4n) is 1.30. The molecular weight excluding hydrogens is 182 g/mol. The number of ether oxygens (including phenoxy) is 1. The first-order valence-electron chi connectivity index (χ1n) is 5.16. The molecule has 1 aliphatic rings. The van der Waals surface area contributed by atoms with E-state index in [-0.39, 0.29) is 0 Å². The van der Waals surface area contributed by atoms with Crippen LogP contribution in [0.1, 0.15) is 20.8 Å². The first-order chi connectivity index (χ1) is 6.24. The summed E-state index contributed by atoms with van der Waals surface area (Å²) >= 11 is 2.05. The first kappa shape index (κ1) is 11.3. The van der Waals surface area contributed by atoms with Crippen molar-refractivity contribution in [1.82, 2.24) is 5.32 Å². The quantitative estimate of drug-likeness (QED) is 0.710. The second kappa shape index (κ2) is 5.89. The highest BCUT2D eigenvalue weighted by atomic mass is 32.2. The van der Waals surface area contributed by atoms with Crippen LogP contribution in [-0.2, 0) is 4.74 Å². The molecule has 0 aliphatic carbocycles. The van der Waals surface area contributed by atoms with Crippen molar-refractivity contribution in [3.63, 3.8) is 0 Å². The molecule has 0 aromatic carbocycles. The smallest absolute Gasteiger partial charge is 0.0607 e. The number of thioether (sulfide) groups is 1. The molecule has 0 saturated carbocycles. The van der Waals surface area contributed by atoms with Crippen LogP contribution in [0.3, 0.4) is 0 Å². The van der Waals surface area contributed by atoms with Crippen LogP contribution in [0.5, 0.6) is 0 Å². The average molecular weight is 203 g/mol. The van der Waals surface area contributed by atoms with Crippen molar-refractivity contribution < 1.29 is 4.74 Å². The van der Waals surface area contributed by atoms with Crippen LogP contribution in [0.2, 0.25) is 0 Å². The molecule has 1 heterocycles. The molecule has 1 fully saturated rings. The second-order valence-corrected chi connectivity index (χ2v) is 5.23. The van der Waals surface area contributed by atoms with Crippen molar-refractivity contribution in [1.29, 1.82) is 0 Å². The number of hydrogen-bond acceptors (Lipinski definition) is 3. The molecule has 2 nitrogen and oxygen atoms in total. The lowest BCUT2D eigenvalue weighted by atomic mass is 10.1. The Labute approximate surface area is 85.8 Å². The lowest BCUT2D eigenvalue weighted by Crippen LogP contribution is -2.38. The van der Waals surface area contributed by atoms with Gasteiger partial charge in [0.1, 0.15) is 0 Å². The predicted molar refractivity (Wildman–Crippen MR) is 59.4 cm³/mol. The molecule has 0 radical (unpaired) electrons. The predicted octanol–water partition coefficient (Wildman–Crippen LogP) is 1.75. The van der Waals surface area contributed by atoms with Gasteiger partial charge in [-0.1, -0.05) is 20.8 Å². The fourth-order valence-corrected chi connectivity index (χ4v) is 2.67. The van der Waals surface area contributed by atoms with E-state index in [2.05, 4.69) is 37.8 Å². The Morgan fingerprint density at radius 3 is 2.54 bits per heavy atom. The van der Waals surface area contributed by atoms with Crippen molar-refractivity contribution in [2.45, 2.75) is 32.1 Å². The van der Waals surface area contributed by atoms with E-state index < -0.39 is 0 Å². The average Bonchev–Trinajstić information content (AvgIpc) is 1.99. The Morgan fingerprint density at radius 2 is 2.15 bits per heavy atom. The summed E-state index contributed by atoms with van der Waals surface area (Å²) in [5, 5.41) is 4.29. The van der Waals surface area contributed by atoms with Crippen LogP contribution in [0.25, 0.3) is 0 Å². The van der Waals surface area contributed by atoms with Gasteiger partial charge in [-0.3, -0.25) is 0 Å². The van der Waals surface area contributed by atoms with Gasteiger partial charge in [0.15, 0.2) is 0 Å². The topological polar surface area (TPSA) is 21.3 Å². The van der Waals surface area contributed by atoms with Crippen LogP contribution >= 0.6 is 11.8 Å². The van der Waals surface area contributed by atoms with Crippen molar-refractivity contribution in [2.24, 2.45) is 5.92 Å². The molecular formula is C10H21NOS. The van der Waals surface area contributed by atoms with Crippen LogP contribution in [-0.4, -0.2) is 36.8 Å². The van der Waals surface area contributed by atoms with Gasteiger partial charge in [-0.2, -0.15) is 11.8 Å². The summed E-state index contributed by atoms with van der Waals surface area (Å²) in [6.07, 6.45) is 0. The van der Waals surface area contributed by atoms with Gasteiger partial charge in [-0.25, -0.2) is 0 Å². The standard InChI is InChI=1S/C10H21NOS/c1-4-11-10(8(2)3)7-13-9-5-12-6-9/h8-11H,4-7H2,1-3H3. The van der Waals surface area contributed by atoms with E-state index in [4.69, 9.17) is 4.74 Å². The Kier molecular flexibility index (Phi) is 5.14. The Bertz CT molecular complexity index is 137. The summed E-state index contributed by atoms with van der Waals surface area (Å²) in [6.45, 7) is 9.73. The Morgan fingerprint density at radius 1 is 1.46 bits per heavy atom. The third kappa shape index (κ3) is 3.88. The minimum absolute atomic E-state index is 0.663. The molecule has 0 spiro atoms. The van der Waals surface area contributed by atoms with Gasteiger partial charge < -0.3 is 10.1 Å². The lowest BCUT2D eigenvalue weighted by Gasteiger charge is -2.28. The summed E-state index contributed by atoms with van der Waals surface area (Å²) < 4.78 is 5.15. The van der Waals surface area contributed by atoms with E-state index in [1.807, 2.05) is 0 Å². The van der Waals surface area contributed by atoms with Crippen LogP contribution in [0.15, 0.2) is 0 Å². The molecule has 1 atom stereocenters. The molecule has 1 aliphatic heterocycles. The number of rotatable bonds is 6. The van der Waals surface area contributed by atoms with E-state index in [0.29, 0.717) is 6.04 Å². The number of nitrogens with one attached hydrogen (secondary N) is 1. The zero-order valence-corrected chi connectivity index (χ0v) is 9.69. The van der Waals surface area contributed by atoms with Crippen molar-refractivity contribution in [3.05, 3.63) is 0 Å². The highest BCUT2D eigenvalue weighted by molar-refractivity contribution is 8.00. The summed E-state index contributed by atoms with van der Waals surface area (Å²) in [5.41, 5.74) is 0. The summed E-state index contributed by atoms with van der Waals surface area (Å²) in [7, 11) is 0. The monoisotopic (exact) mass is 203 g/mol. The van der Waals surface area contributed by atoms with Gasteiger partial charge in [0.25, 0.3) is 0 Å². The van der Waals surface area contributed by atoms with Crippen LogP contribution in [0, 0.1) is 5.92 Å². The SMILES string of the molecule is CCNC(CSC1COC1)C(C)C. The molecule has 1 N–H and O–H groups in total. The van der Waals surface area contributed by atoms with E-state index in [1.165, 1.54) is 5.75 Å². The van der Waals surface area contributed by atoms with Gasteiger partial charge in [0, 0.05) is 11.8 Å². The third-order valence-corrected chi connectivity index (χ3v) is 3.69. The van der Waals surface area contributed by atoms with Crippen molar-refractivity contribution in [2.75, 3.05) is 25.5 Å². The van der Waals surface area contributed by atoms with Gasteiger partial charge in [0.05, 0.1) is 18.5 Å². The van der Waals surface area contributed by atoms with E-state index in [1.54, 1.807) is 0 Å². The molecule has 78 valence electrons. The fraction of sp³-hybridized carbons (Fsp3) is 1.00. The first-order valence-corrected chi connectivity index (χ1v) is 6.21. The minimum atomic E-state index is 0.663.